The summed E-state index contributed by atoms with van der Waals surface area (Å²) in [5.74, 6) is -0.252. The summed E-state index contributed by atoms with van der Waals surface area (Å²) >= 11 is 3.29. The third kappa shape index (κ3) is 2.28. The lowest BCUT2D eigenvalue weighted by molar-refractivity contribution is 0.597. The molecule has 0 bridgehead atoms. The maximum atomic E-state index is 13.3. The first-order valence-corrected chi connectivity index (χ1v) is 6.07. The van der Waals surface area contributed by atoms with E-state index in [9.17, 15) is 4.39 Å². The molecule has 2 nitrogen and oxygen atoms in total. The first-order valence-electron chi connectivity index (χ1n) is 5.28. The fourth-order valence-corrected chi connectivity index (χ4v) is 2.17. The first kappa shape index (κ1) is 11.6. The van der Waals surface area contributed by atoms with Gasteiger partial charge in [0.25, 0.3) is 0 Å². The van der Waals surface area contributed by atoms with Gasteiger partial charge >= 0.3 is 0 Å². The van der Waals surface area contributed by atoms with Crippen molar-refractivity contribution in [1.82, 2.24) is 5.32 Å². The normalized spacial score (nSPS) is 11.2. The average Bonchev–Trinajstić information content (AvgIpc) is 2.62. The quantitative estimate of drug-likeness (QED) is 0.864. The number of hydrogen-bond acceptors (Lipinski definition) is 2. The molecular formula is C12H13BrFNO. The molecule has 0 radical (unpaired) electrons. The SMILES string of the molecule is CCCNCc1coc2c(Br)cc(F)cc12. The number of halogens is 2. The fraction of sp³-hybridized carbons (Fsp3) is 0.333. The van der Waals surface area contributed by atoms with Gasteiger partial charge in [0.2, 0.25) is 0 Å². The van der Waals surface area contributed by atoms with Crippen LogP contribution < -0.4 is 5.32 Å². The van der Waals surface area contributed by atoms with Gasteiger partial charge in [0.15, 0.2) is 0 Å². The second kappa shape index (κ2) is 4.97. The van der Waals surface area contributed by atoms with E-state index in [0.717, 1.165) is 23.9 Å². The summed E-state index contributed by atoms with van der Waals surface area (Å²) in [6, 6.07) is 2.92. The lowest BCUT2D eigenvalue weighted by Crippen LogP contribution is -2.13. The monoisotopic (exact) mass is 285 g/mol. The molecule has 0 unspecified atom stereocenters. The second-order valence-corrected chi connectivity index (χ2v) is 4.56. The Kier molecular flexibility index (Phi) is 3.61. The standard InChI is InChI=1S/C12H13BrFNO/c1-2-3-15-6-8-7-16-12-10(8)4-9(14)5-11(12)13/h4-5,7,15H,2-3,6H2,1H3. The smallest absolute Gasteiger partial charge is 0.148 e. The van der Waals surface area contributed by atoms with Gasteiger partial charge in [0.1, 0.15) is 11.4 Å². The Hall–Kier alpha value is -0.870. The molecule has 0 aliphatic carbocycles. The molecule has 0 spiro atoms. The van der Waals surface area contributed by atoms with Gasteiger partial charge in [0, 0.05) is 17.5 Å². The van der Waals surface area contributed by atoms with E-state index in [2.05, 4.69) is 28.2 Å². The van der Waals surface area contributed by atoms with Crippen molar-refractivity contribution in [3.63, 3.8) is 0 Å². The molecule has 1 N–H and O–H groups in total. The van der Waals surface area contributed by atoms with Crippen LogP contribution in [0.5, 0.6) is 0 Å². The maximum absolute atomic E-state index is 13.3. The van der Waals surface area contributed by atoms with Crippen LogP contribution in [0.25, 0.3) is 11.0 Å². The third-order valence-electron chi connectivity index (χ3n) is 2.42. The molecule has 2 rings (SSSR count). The minimum atomic E-state index is -0.252. The zero-order valence-corrected chi connectivity index (χ0v) is 10.6. The molecule has 1 heterocycles. The molecule has 2 aromatic rings. The molecule has 1 aromatic heterocycles. The Morgan fingerprint density at radius 1 is 1.44 bits per heavy atom. The van der Waals surface area contributed by atoms with E-state index in [0.29, 0.717) is 16.6 Å². The minimum absolute atomic E-state index is 0.252. The number of furan rings is 1. The summed E-state index contributed by atoms with van der Waals surface area (Å²) < 4.78 is 19.3. The second-order valence-electron chi connectivity index (χ2n) is 3.70. The summed E-state index contributed by atoms with van der Waals surface area (Å²) in [5, 5.41) is 4.10. The van der Waals surface area contributed by atoms with Gasteiger partial charge in [-0.2, -0.15) is 0 Å². The van der Waals surface area contributed by atoms with Crippen LogP contribution in [-0.4, -0.2) is 6.54 Å². The van der Waals surface area contributed by atoms with Crippen molar-refractivity contribution in [2.45, 2.75) is 19.9 Å². The van der Waals surface area contributed by atoms with E-state index in [1.54, 1.807) is 6.26 Å². The summed E-state index contributed by atoms with van der Waals surface area (Å²) in [5.41, 5.74) is 1.69. The fourth-order valence-electron chi connectivity index (χ4n) is 1.65. The van der Waals surface area contributed by atoms with Crippen LogP contribution in [0.1, 0.15) is 18.9 Å². The van der Waals surface area contributed by atoms with Crippen molar-refractivity contribution in [2.75, 3.05) is 6.54 Å². The molecular weight excluding hydrogens is 273 g/mol. The van der Waals surface area contributed by atoms with Gasteiger partial charge < -0.3 is 9.73 Å². The molecule has 0 fully saturated rings. The molecule has 0 aliphatic rings. The van der Waals surface area contributed by atoms with Crippen LogP contribution in [0.4, 0.5) is 4.39 Å². The Morgan fingerprint density at radius 2 is 2.25 bits per heavy atom. The average molecular weight is 286 g/mol. The predicted octanol–water partition coefficient (Wildman–Crippen LogP) is 3.83. The van der Waals surface area contributed by atoms with Crippen LogP contribution in [0.2, 0.25) is 0 Å². The van der Waals surface area contributed by atoms with Crippen molar-refractivity contribution < 1.29 is 8.81 Å². The zero-order chi connectivity index (χ0) is 11.5. The van der Waals surface area contributed by atoms with Gasteiger partial charge in [-0.1, -0.05) is 6.92 Å². The largest absolute Gasteiger partial charge is 0.463 e. The molecule has 0 aliphatic heterocycles. The summed E-state index contributed by atoms with van der Waals surface area (Å²) in [6.07, 6.45) is 2.76. The first-order chi connectivity index (χ1) is 7.72. The predicted molar refractivity (Wildman–Crippen MR) is 65.9 cm³/mol. The molecule has 4 heteroatoms. The highest BCUT2D eigenvalue weighted by Crippen LogP contribution is 2.29. The van der Waals surface area contributed by atoms with E-state index in [-0.39, 0.29) is 5.82 Å². The number of nitrogens with one attached hydrogen (secondary N) is 1. The Bertz CT molecular complexity index is 495. The Balaban J connectivity index is 2.32. The third-order valence-corrected chi connectivity index (χ3v) is 3.00. The van der Waals surface area contributed by atoms with Gasteiger partial charge in [-0.25, -0.2) is 4.39 Å². The highest BCUT2D eigenvalue weighted by molar-refractivity contribution is 9.10. The van der Waals surface area contributed by atoms with Gasteiger partial charge in [-0.3, -0.25) is 0 Å². The van der Waals surface area contributed by atoms with Crippen LogP contribution in [0, 0.1) is 5.82 Å². The number of rotatable bonds is 4. The van der Waals surface area contributed by atoms with Gasteiger partial charge in [0.05, 0.1) is 10.7 Å². The Labute approximate surface area is 102 Å². The molecule has 0 atom stereocenters. The molecule has 0 amide bonds. The van der Waals surface area contributed by atoms with E-state index in [4.69, 9.17) is 4.42 Å². The van der Waals surface area contributed by atoms with Crippen LogP contribution in [-0.2, 0) is 6.54 Å². The van der Waals surface area contributed by atoms with E-state index in [1.807, 2.05) is 0 Å². The summed E-state index contributed by atoms with van der Waals surface area (Å²) in [7, 11) is 0. The number of hydrogen-bond donors (Lipinski definition) is 1. The summed E-state index contributed by atoms with van der Waals surface area (Å²) in [6.45, 7) is 3.76. The summed E-state index contributed by atoms with van der Waals surface area (Å²) in [4.78, 5) is 0. The van der Waals surface area contributed by atoms with Crippen molar-refractivity contribution >= 4 is 26.9 Å². The van der Waals surface area contributed by atoms with Crippen molar-refractivity contribution in [2.24, 2.45) is 0 Å². The van der Waals surface area contributed by atoms with Crippen LogP contribution in [0.3, 0.4) is 0 Å². The molecule has 0 saturated carbocycles. The number of fused-ring (bicyclic) bond motifs is 1. The minimum Gasteiger partial charge on any atom is -0.463 e. The van der Waals surface area contributed by atoms with E-state index >= 15 is 0 Å². The molecule has 0 saturated heterocycles. The van der Waals surface area contributed by atoms with E-state index in [1.165, 1.54) is 12.1 Å². The van der Waals surface area contributed by atoms with E-state index < -0.39 is 0 Å². The topological polar surface area (TPSA) is 25.2 Å². The lowest BCUT2D eigenvalue weighted by atomic mass is 10.1. The van der Waals surface area contributed by atoms with Crippen LogP contribution in [0.15, 0.2) is 27.3 Å². The molecule has 1 aromatic carbocycles. The molecule has 86 valence electrons. The highest BCUT2D eigenvalue weighted by atomic mass is 79.9. The zero-order valence-electron chi connectivity index (χ0n) is 9.02. The molecule has 16 heavy (non-hydrogen) atoms. The van der Waals surface area contributed by atoms with Crippen LogP contribution >= 0.6 is 15.9 Å². The number of benzene rings is 1. The Morgan fingerprint density at radius 3 is 3.00 bits per heavy atom. The van der Waals surface area contributed by atoms with Gasteiger partial charge in [-0.05, 0) is 41.0 Å². The van der Waals surface area contributed by atoms with Gasteiger partial charge in [-0.15, -0.1) is 0 Å². The highest BCUT2D eigenvalue weighted by Gasteiger charge is 2.10. The lowest BCUT2D eigenvalue weighted by Gasteiger charge is -2.00. The van der Waals surface area contributed by atoms with Crippen molar-refractivity contribution in [1.29, 1.82) is 0 Å². The van der Waals surface area contributed by atoms with Crippen molar-refractivity contribution in [3.8, 4) is 0 Å². The van der Waals surface area contributed by atoms with Crippen molar-refractivity contribution in [3.05, 3.63) is 34.2 Å². The maximum Gasteiger partial charge on any atom is 0.148 e.